The maximum absolute atomic E-state index is 11.5. The number of carboxylic acid groups (broad SMARTS) is 2. The first-order chi connectivity index (χ1) is 12.5. The molecule has 0 aliphatic carbocycles. The third-order valence-electron chi connectivity index (χ3n) is 3.92. The van der Waals surface area contributed by atoms with Crippen molar-refractivity contribution in [2.45, 2.75) is 6.54 Å². The molecule has 0 aliphatic heterocycles. The van der Waals surface area contributed by atoms with Crippen molar-refractivity contribution in [1.29, 1.82) is 0 Å². The fraction of sp³-hybridized carbons (Fsp3) is 0.105. The van der Waals surface area contributed by atoms with Crippen LogP contribution in [0.5, 0.6) is 5.75 Å². The number of rotatable bonds is 6. The molecule has 1 aromatic heterocycles. The highest BCUT2D eigenvalue weighted by atomic mass is 16.5. The molecule has 7 heteroatoms. The van der Waals surface area contributed by atoms with E-state index in [0.717, 1.165) is 5.56 Å². The predicted octanol–water partition coefficient (Wildman–Crippen LogP) is 3.25. The van der Waals surface area contributed by atoms with Gasteiger partial charge in [0, 0.05) is 18.0 Å². The molecule has 0 amide bonds. The lowest BCUT2D eigenvalue weighted by atomic mass is 10.1. The molecule has 0 spiro atoms. The number of anilines is 1. The summed E-state index contributed by atoms with van der Waals surface area (Å²) < 4.78 is 5.17. The van der Waals surface area contributed by atoms with Gasteiger partial charge in [-0.15, -0.1) is 0 Å². The minimum Gasteiger partial charge on any atom is -0.497 e. The minimum atomic E-state index is -1.08. The van der Waals surface area contributed by atoms with Crippen LogP contribution in [0.25, 0.3) is 10.9 Å². The molecular weight excluding hydrogens is 336 g/mol. The number of hydrogen-bond acceptors (Lipinski definition) is 5. The van der Waals surface area contributed by atoms with Crippen molar-refractivity contribution in [2.75, 3.05) is 12.4 Å². The van der Waals surface area contributed by atoms with Crippen LogP contribution >= 0.6 is 0 Å². The van der Waals surface area contributed by atoms with E-state index in [2.05, 4.69) is 10.3 Å². The first kappa shape index (κ1) is 17.2. The van der Waals surface area contributed by atoms with Gasteiger partial charge in [0.05, 0.1) is 18.2 Å². The van der Waals surface area contributed by atoms with Gasteiger partial charge >= 0.3 is 11.9 Å². The number of pyridine rings is 1. The summed E-state index contributed by atoms with van der Waals surface area (Å²) in [4.78, 5) is 26.8. The van der Waals surface area contributed by atoms with Crippen molar-refractivity contribution in [3.05, 3.63) is 65.2 Å². The molecule has 0 bridgehead atoms. The van der Waals surface area contributed by atoms with E-state index in [4.69, 9.17) is 9.84 Å². The van der Waals surface area contributed by atoms with E-state index in [0.29, 0.717) is 23.2 Å². The van der Waals surface area contributed by atoms with E-state index in [1.54, 1.807) is 43.5 Å². The first-order valence-electron chi connectivity index (χ1n) is 7.76. The second-order valence-electron chi connectivity index (χ2n) is 5.60. The normalized spacial score (nSPS) is 10.5. The molecule has 0 atom stereocenters. The summed E-state index contributed by atoms with van der Waals surface area (Å²) in [5.74, 6) is -1.22. The van der Waals surface area contributed by atoms with Gasteiger partial charge in [-0.25, -0.2) is 14.6 Å². The van der Waals surface area contributed by atoms with Crippen LogP contribution in [-0.4, -0.2) is 34.2 Å². The second kappa shape index (κ2) is 7.10. The third-order valence-corrected chi connectivity index (χ3v) is 3.92. The molecule has 0 saturated heterocycles. The Morgan fingerprint density at radius 1 is 1.04 bits per heavy atom. The highest BCUT2D eigenvalue weighted by molar-refractivity contribution is 5.98. The summed E-state index contributed by atoms with van der Waals surface area (Å²) in [6.07, 6.45) is 0. The Balaban J connectivity index is 1.90. The zero-order valence-corrected chi connectivity index (χ0v) is 13.9. The zero-order chi connectivity index (χ0) is 18.7. The van der Waals surface area contributed by atoms with Gasteiger partial charge in [0.2, 0.25) is 0 Å². The van der Waals surface area contributed by atoms with Gasteiger partial charge in [0.1, 0.15) is 17.1 Å². The van der Waals surface area contributed by atoms with E-state index in [1.165, 1.54) is 12.1 Å². The smallest absolute Gasteiger partial charge is 0.339 e. The fourth-order valence-corrected chi connectivity index (χ4v) is 2.52. The van der Waals surface area contributed by atoms with Crippen LogP contribution in [-0.2, 0) is 6.54 Å². The quantitative estimate of drug-likeness (QED) is 0.625. The lowest BCUT2D eigenvalue weighted by molar-refractivity contribution is 0.0686. The monoisotopic (exact) mass is 352 g/mol. The number of aromatic carboxylic acids is 2. The number of hydrogen-bond donors (Lipinski definition) is 3. The minimum absolute atomic E-state index is 0.0600. The van der Waals surface area contributed by atoms with Crippen molar-refractivity contribution in [2.24, 2.45) is 0 Å². The van der Waals surface area contributed by atoms with Crippen molar-refractivity contribution in [3.8, 4) is 5.75 Å². The van der Waals surface area contributed by atoms with E-state index >= 15 is 0 Å². The Kier molecular flexibility index (Phi) is 4.70. The molecule has 0 radical (unpaired) electrons. The summed E-state index contributed by atoms with van der Waals surface area (Å²) in [5.41, 5.74) is 1.66. The summed E-state index contributed by atoms with van der Waals surface area (Å²) in [5, 5.41) is 22.1. The van der Waals surface area contributed by atoms with Gasteiger partial charge in [0.25, 0.3) is 0 Å². The van der Waals surface area contributed by atoms with Crippen molar-refractivity contribution in [3.63, 3.8) is 0 Å². The highest BCUT2D eigenvalue weighted by Crippen LogP contribution is 2.24. The maximum atomic E-state index is 11.5. The second-order valence-corrected chi connectivity index (χ2v) is 5.60. The Hall–Kier alpha value is -3.61. The third kappa shape index (κ3) is 3.56. The van der Waals surface area contributed by atoms with Crippen LogP contribution in [0, 0.1) is 0 Å². The van der Waals surface area contributed by atoms with Gasteiger partial charge in [-0.3, -0.25) is 0 Å². The summed E-state index contributed by atoms with van der Waals surface area (Å²) >= 11 is 0. The molecule has 0 saturated carbocycles. The molecule has 0 unspecified atom stereocenters. The van der Waals surface area contributed by atoms with Crippen LogP contribution in [0.15, 0.2) is 48.5 Å². The summed E-state index contributed by atoms with van der Waals surface area (Å²) in [7, 11) is 1.55. The van der Waals surface area contributed by atoms with Crippen LogP contribution in [0.1, 0.15) is 26.3 Å². The molecule has 1 heterocycles. The number of aromatic nitrogens is 1. The Morgan fingerprint density at radius 3 is 2.38 bits per heavy atom. The number of nitrogens with one attached hydrogen (secondary N) is 1. The largest absolute Gasteiger partial charge is 0.497 e. The number of ether oxygens (including phenoxy) is 1. The highest BCUT2D eigenvalue weighted by Gasteiger charge is 2.14. The van der Waals surface area contributed by atoms with E-state index < -0.39 is 11.9 Å². The molecule has 26 heavy (non-hydrogen) atoms. The maximum Gasteiger partial charge on any atom is 0.339 e. The molecule has 132 valence electrons. The number of fused-ring (bicyclic) bond motifs is 1. The number of carbonyl (C=O) groups is 2. The van der Waals surface area contributed by atoms with Crippen molar-refractivity contribution < 1.29 is 24.5 Å². The average molecular weight is 352 g/mol. The van der Waals surface area contributed by atoms with E-state index in [-0.39, 0.29) is 16.9 Å². The fourth-order valence-electron chi connectivity index (χ4n) is 2.52. The molecular formula is C19H16N2O5. The van der Waals surface area contributed by atoms with Crippen LogP contribution in [0.4, 0.5) is 5.82 Å². The number of nitrogens with zero attached hydrogens (tertiary/aromatic N) is 1. The molecule has 3 aromatic rings. The Bertz CT molecular complexity index is 983. The lowest BCUT2D eigenvalue weighted by Crippen LogP contribution is -2.09. The van der Waals surface area contributed by atoms with E-state index in [1.807, 2.05) is 0 Å². The van der Waals surface area contributed by atoms with Gasteiger partial charge in [-0.2, -0.15) is 0 Å². The number of methoxy groups -OCH3 is 1. The Labute approximate surface area is 148 Å². The molecule has 2 aromatic carbocycles. The molecule has 7 nitrogen and oxygen atoms in total. The first-order valence-corrected chi connectivity index (χ1v) is 7.76. The molecule has 0 aliphatic rings. The van der Waals surface area contributed by atoms with Crippen LogP contribution in [0.3, 0.4) is 0 Å². The molecule has 3 N–H and O–H groups in total. The van der Waals surface area contributed by atoms with Gasteiger partial charge < -0.3 is 20.3 Å². The van der Waals surface area contributed by atoms with Crippen LogP contribution < -0.4 is 10.1 Å². The van der Waals surface area contributed by atoms with Gasteiger partial charge in [-0.1, -0.05) is 12.1 Å². The van der Waals surface area contributed by atoms with Gasteiger partial charge in [0.15, 0.2) is 0 Å². The molecule has 0 fully saturated rings. The predicted molar refractivity (Wildman–Crippen MR) is 96.0 cm³/mol. The number of carboxylic acids is 2. The standard InChI is InChI=1S/C19H16N2O5/c1-26-14-7-6-13-8-15(19(24)25)17(21-16(13)9-14)20-10-11-2-4-12(5-3-11)18(22)23/h2-9H,10H2,1H3,(H,20,21)(H,22,23)(H,24,25). The SMILES string of the molecule is COc1ccc2cc(C(=O)O)c(NCc3ccc(C(=O)O)cc3)nc2c1. The lowest BCUT2D eigenvalue weighted by Gasteiger charge is -2.11. The summed E-state index contributed by atoms with van der Waals surface area (Å²) in [6, 6.07) is 13.1. The van der Waals surface area contributed by atoms with Crippen molar-refractivity contribution in [1.82, 2.24) is 4.98 Å². The van der Waals surface area contributed by atoms with Crippen molar-refractivity contribution >= 4 is 28.7 Å². The number of benzene rings is 2. The summed E-state index contributed by atoms with van der Waals surface area (Å²) in [6.45, 7) is 0.308. The zero-order valence-electron chi connectivity index (χ0n) is 13.9. The average Bonchev–Trinajstić information content (AvgIpc) is 2.65. The van der Waals surface area contributed by atoms with Crippen LogP contribution in [0.2, 0.25) is 0 Å². The topological polar surface area (TPSA) is 109 Å². The Morgan fingerprint density at radius 2 is 1.77 bits per heavy atom. The molecule has 3 rings (SSSR count). The van der Waals surface area contributed by atoms with Gasteiger partial charge in [-0.05, 0) is 35.9 Å². The van der Waals surface area contributed by atoms with E-state index in [9.17, 15) is 14.7 Å².